The van der Waals surface area contributed by atoms with Gasteiger partial charge in [0.1, 0.15) is 18.0 Å². The number of carbonyl (C=O) groups is 1. The minimum Gasteiger partial charge on any atom is -0.497 e. The molecule has 164 valence electrons. The second-order valence-corrected chi connectivity index (χ2v) is 7.50. The van der Waals surface area contributed by atoms with E-state index < -0.39 is 0 Å². The topological polar surface area (TPSA) is 81.2 Å². The molecule has 0 saturated heterocycles. The summed E-state index contributed by atoms with van der Waals surface area (Å²) in [6, 6.07) is 15.5. The average molecular weight is 441 g/mol. The molecule has 3 aromatic rings. The highest BCUT2D eigenvalue weighted by Gasteiger charge is 2.12. The number of ether oxygens (including phenoxy) is 2. The van der Waals surface area contributed by atoms with Crippen molar-refractivity contribution in [2.45, 2.75) is 32.7 Å². The van der Waals surface area contributed by atoms with Gasteiger partial charge in [0.25, 0.3) is 0 Å². The molecule has 2 N–H and O–H groups in total. The lowest BCUT2D eigenvalue weighted by molar-refractivity contribution is -0.121. The highest BCUT2D eigenvalue weighted by atomic mass is 32.1. The van der Waals surface area contributed by atoms with Crippen LogP contribution < -0.4 is 14.8 Å². The molecule has 0 aliphatic heterocycles. The Morgan fingerprint density at radius 3 is 2.52 bits per heavy atom. The first kappa shape index (κ1) is 22.6. The van der Waals surface area contributed by atoms with Crippen molar-refractivity contribution in [1.82, 2.24) is 20.1 Å². The Morgan fingerprint density at radius 1 is 1.13 bits per heavy atom. The number of aromatic nitrogens is 3. The molecule has 0 atom stereocenters. The Hall–Kier alpha value is -3.13. The summed E-state index contributed by atoms with van der Waals surface area (Å²) in [5.74, 6) is 2.12. The van der Waals surface area contributed by atoms with E-state index >= 15 is 0 Å². The third kappa shape index (κ3) is 6.42. The molecule has 0 aliphatic rings. The second-order valence-electron chi connectivity index (χ2n) is 7.11. The number of hydrogen-bond donors (Lipinski definition) is 2. The maximum Gasteiger partial charge on any atom is 0.240 e. The van der Waals surface area contributed by atoms with Gasteiger partial charge in [-0.2, -0.15) is 5.10 Å². The Morgan fingerprint density at radius 2 is 1.84 bits per heavy atom. The SMILES string of the molecule is CCCCOc1ccc(CCNC(=O)Cn2c(-c3ccc(OC)cc3)n[nH]c2=S)cc1. The summed E-state index contributed by atoms with van der Waals surface area (Å²) >= 11 is 5.31. The number of benzene rings is 2. The number of aromatic amines is 1. The fourth-order valence-corrected chi connectivity index (χ4v) is 3.25. The molecule has 0 aliphatic carbocycles. The zero-order valence-electron chi connectivity index (χ0n) is 17.9. The molecular formula is C23H28N4O3S. The normalized spacial score (nSPS) is 10.6. The summed E-state index contributed by atoms with van der Waals surface area (Å²) in [7, 11) is 1.62. The first-order valence-electron chi connectivity index (χ1n) is 10.4. The van der Waals surface area contributed by atoms with Gasteiger partial charge in [0, 0.05) is 12.1 Å². The minimum absolute atomic E-state index is 0.0981. The van der Waals surface area contributed by atoms with E-state index in [2.05, 4.69) is 22.4 Å². The largest absolute Gasteiger partial charge is 0.497 e. The highest BCUT2D eigenvalue weighted by molar-refractivity contribution is 7.71. The molecular weight excluding hydrogens is 412 g/mol. The van der Waals surface area contributed by atoms with Gasteiger partial charge in [-0.1, -0.05) is 25.5 Å². The van der Waals surface area contributed by atoms with Crippen LogP contribution in [0.3, 0.4) is 0 Å². The van der Waals surface area contributed by atoms with Gasteiger partial charge in [0.05, 0.1) is 13.7 Å². The zero-order valence-corrected chi connectivity index (χ0v) is 18.7. The van der Waals surface area contributed by atoms with Crippen LogP contribution in [0.25, 0.3) is 11.4 Å². The maximum atomic E-state index is 12.5. The van der Waals surface area contributed by atoms with E-state index in [9.17, 15) is 4.79 Å². The van der Waals surface area contributed by atoms with Gasteiger partial charge in [0.15, 0.2) is 10.6 Å². The maximum absolute atomic E-state index is 12.5. The number of nitrogens with one attached hydrogen (secondary N) is 2. The third-order valence-corrected chi connectivity index (χ3v) is 5.15. The molecule has 8 heteroatoms. The molecule has 0 bridgehead atoms. The van der Waals surface area contributed by atoms with Crippen molar-refractivity contribution in [2.24, 2.45) is 0 Å². The first-order chi connectivity index (χ1) is 15.1. The van der Waals surface area contributed by atoms with Crippen LogP contribution in [0, 0.1) is 4.77 Å². The summed E-state index contributed by atoms with van der Waals surface area (Å²) in [6.07, 6.45) is 2.90. The van der Waals surface area contributed by atoms with E-state index in [1.807, 2.05) is 48.5 Å². The Balaban J connectivity index is 1.52. The van der Waals surface area contributed by atoms with Crippen molar-refractivity contribution in [2.75, 3.05) is 20.3 Å². The summed E-state index contributed by atoms with van der Waals surface area (Å²) in [5.41, 5.74) is 1.99. The third-order valence-electron chi connectivity index (χ3n) is 4.83. The van der Waals surface area contributed by atoms with Crippen LogP contribution in [0.1, 0.15) is 25.3 Å². The van der Waals surface area contributed by atoms with E-state index in [-0.39, 0.29) is 12.5 Å². The molecule has 0 radical (unpaired) electrons. The predicted octanol–water partition coefficient (Wildman–Crippen LogP) is 4.15. The minimum atomic E-state index is -0.119. The molecule has 3 rings (SSSR count). The number of unbranched alkanes of at least 4 members (excludes halogenated alkanes) is 1. The Bertz CT molecular complexity index is 1030. The second kappa shape index (κ2) is 11.3. The predicted molar refractivity (Wildman–Crippen MR) is 123 cm³/mol. The van der Waals surface area contributed by atoms with Crippen molar-refractivity contribution in [3.8, 4) is 22.9 Å². The van der Waals surface area contributed by atoms with Crippen molar-refractivity contribution in [3.05, 3.63) is 58.9 Å². The van der Waals surface area contributed by atoms with E-state index in [4.69, 9.17) is 21.7 Å². The summed E-state index contributed by atoms with van der Waals surface area (Å²) in [5, 5.41) is 9.99. The molecule has 0 spiro atoms. The molecule has 0 saturated carbocycles. The standard InChI is InChI=1S/C23H28N4O3S/c1-3-4-15-30-20-9-5-17(6-10-20)13-14-24-21(28)16-27-22(25-26-23(27)31)18-7-11-19(29-2)12-8-18/h5-12H,3-4,13-16H2,1-2H3,(H,24,28)(H,26,31). The lowest BCUT2D eigenvalue weighted by atomic mass is 10.1. The molecule has 0 unspecified atom stereocenters. The van der Waals surface area contributed by atoms with E-state index in [1.54, 1.807) is 11.7 Å². The molecule has 1 aromatic heterocycles. The number of H-pyrrole nitrogens is 1. The van der Waals surface area contributed by atoms with Crippen LogP contribution in [0.2, 0.25) is 0 Å². The number of rotatable bonds is 11. The number of amides is 1. The highest BCUT2D eigenvalue weighted by Crippen LogP contribution is 2.21. The van der Waals surface area contributed by atoms with E-state index in [0.29, 0.717) is 17.1 Å². The number of methoxy groups -OCH3 is 1. The van der Waals surface area contributed by atoms with E-state index in [1.165, 1.54) is 0 Å². The fraction of sp³-hybridized carbons (Fsp3) is 0.348. The molecule has 0 fully saturated rings. The van der Waals surface area contributed by atoms with Gasteiger partial charge < -0.3 is 14.8 Å². The molecule has 7 nitrogen and oxygen atoms in total. The Kier molecular flexibility index (Phi) is 8.23. The molecule has 31 heavy (non-hydrogen) atoms. The lowest BCUT2D eigenvalue weighted by Gasteiger charge is -2.09. The zero-order chi connectivity index (χ0) is 22.1. The Labute approximate surface area is 187 Å². The van der Waals surface area contributed by atoms with Gasteiger partial charge in [-0.15, -0.1) is 0 Å². The number of nitrogens with zero attached hydrogens (tertiary/aromatic N) is 2. The average Bonchev–Trinajstić information content (AvgIpc) is 3.15. The molecule has 1 amide bonds. The van der Waals surface area contributed by atoms with Crippen molar-refractivity contribution >= 4 is 18.1 Å². The van der Waals surface area contributed by atoms with Crippen LogP contribution in [0.15, 0.2) is 48.5 Å². The van der Waals surface area contributed by atoms with E-state index in [0.717, 1.165) is 48.5 Å². The van der Waals surface area contributed by atoms with Crippen molar-refractivity contribution < 1.29 is 14.3 Å². The van der Waals surface area contributed by atoms with Crippen molar-refractivity contribution in [1.29, 1.82) is 0 Å². The number of carbonyl (C=O) groups excluding carboxylic acids is 1. The van der Waals surface area contributed by atoms with Crippen LogP contribution in [0.4, 0.5) is 0 Å². The monoisotopic (exact) mass is 440 g/mol. The smallest absolute Gasteiger partial charge is 0.240 e. The van der Waals surface area contributed by atoms with Gasteiger partial charge in [0.2, 0.25) is 5.91 Å². The lowest BCUT2D eigenvalue weighted by Crippen LogP contribution is -2.29. The molecule has 2 aromatic carbocycles. The van der Waals surface area contributed by atoms with Gasteiger partial charge in [-0.3, -0.25) is 14.5 Å². The quantitative estimate of drug-likeness (QED) is 0.346. The first-order valence-corrected chi connectivity index (χ1v) is 10.8. The van der Waals surface area contributed by atoms with Crippen molar-refractivity contribution in [3.63, 3.8) is 0 Å². The van der Waals surface area contributed by atoms with Gasteiger partial charge in [-0.05, 0) is 67.0 Å². The van der Waals surface area contributed by atoms with Gasteiger partial charge >= 0.3 is 0 Å². The van der Waals surface area contributed by atoms with Crippen LogP contribution in [-0.2, 0) is 17.8 Å². The summed E-state index contributed by atoms with van der Waals surface area (Å²) in [6.45, 7) is 3.51. The van der Waals surface area contributed by atoms with Crippen LogP contribution >= 0.6 is 12.2 Å². The van der Waals surface area contributed by atoms with Crippen LogP contribution in [0.5, 0.6) is 11.5 Å². The summed E-state index contributed by atoms with van der Waals surface area (Å²) in [4.78, 5) is 12.5. The fourth-order valence-electron chi connectivity index (χ4n) is 3.06. The summed E-state index contributed by atoms with van der Waals surface area (Å²) < 4.78 is 13.0. The number of hydrogen-bond acceptors (Lipinski definition) is 5. The molecule has 1 heterocycles. The van der Waals surface area contributed by atoms with Crippen LogP contribution in [-0.4, -0.2) is 40.9 Å². The van der Waals surface area contributed by atoms with Gasteiger partial charge in [-0.25, -0.2) is 0 Å².